The lowest BCUT2D eigenvalue weighted by Gasteiger charge is -2.18. The highest BCUT2D eigenvalue weighted by molar-refractivity contribution is 5.71. The van der Waals surface area contributed by atoms with E-state index in [1.165, 1.54) is 109 Å². The van der Waals surface area contributed by atoms with Crippen LogP contribution in [0, 0.1) is 0 Å². The van der Waals surface area contributed by atoms with Crippen molar-refractivity contribution in [3.05, 3.63) is 72.9 Å². The molecular weight excluding hydrogens is 769 g/mol. The van der Waals surface area contributed by atoms with Gasteiger partial charge in [0.25, 0.3) is 0 Å². The molecule has 0 saturated heterocycles. The van der Waals surface area contributed by atoms with Crippen LogP contribution in [0.25, 0.3) is 0 Å². The number of esters is 3. The molecule has 356 valence electrons. The van der Waals surface area contributed by atoms with E-state index in [1.54, 1.807) is 0 Å². The molecule has 0 heterocycles. The largest absolute Gasteiger partial charge is 0.462 e. The molecular formula is C56H96O6. The zero-order valence-corrected chi connectivity index (χ0v) is 40.6. The molecule has 6 heteroatoms. The van der Waals surface area contributed by atoms with Crippen LogP contribution >= 0.6 is 0 Å². The molecule has 0 aromatic rings. The highest BCUT2D eigenvalue weighted by Gasteiger charge is 2.19. The van der Waals surface area contributed by atoms with Crippen LogP contribution in [0.5, 0.6) is 0 Å². The molecule has 0 aliphatic carbocycles. The molecule has 0 saturated carbocycles. The average molecular weight is 865 g/mol. The summed E-state index contributed by atoms with van der Waals surface area (Å²) >= 11 is 0. The van der Waals surface area contributed by atoms with Crippen molar-refractivity contribution in [1.29, 1.82) is 0 Å². The SMILES string of the molecule is CCCCC/C=C\C/C=C\CCCCCCCCCC(=O)OC(COC(=O)CCC/C=C\CCCCCC)COC(=O)CCCCCCC\C=C/C=C\C=C/CCCCCCC. The van der Waals surface area contributed by atoms with Crippen LogP contribution in [-0.4, -0.2) is 37.2 Å². The molecule has 0 aromatic carbocycles. The second-order valence-corrected chi connectivity index (χ2v) is 17.1. The minimum absolute atomic E-state index is 0.0980. The highest BCUT2D eigenvalue weighted by atomic mass is 16.6. The van der Waals surface area contributed by atoms with Crippen molar-refractivity contribution < 1.29 is 28.6 Å². The summed E-state index contributed by atoms with van der Waals surface area (Å²) in [5.41, 5.74) is 0. The minimum atomic E-state index is -0.798. The molecule has 0 aromatic heterocycles. The van der Waals surface area contributed by atoms with Crippen molar-refractivity contribution in [2.75, 3.05) is 13.2 Å². The molecule has 1 atom stereocenters. The van der Waals surface area contributed by atoms with Crippen LogP contribution in [0.3, 0.4) is 0 Å². The van der Waals surface area contributed by atoms with E-state index in [4.69, 9.17) is 14.2 Å². The van der Waals surface area contributed by atoms with Crippen LogP contribution in [0.1, 0.15) is 245 Å². The summed E-state index contributed by atoms with van der Waals surface area (Å²) in [6.45, 7) is 6.51. The lowest BCUT2D eigenvalue weighted by atomic mass is 10.1. The van der Waals surface area contributed by atoms with Crippen molar-refractivity contribution in [1.82, 2.24) is 0 Å². The third-order valence-corrected chi connectivity index (χ3v) is 11.0. The summed E-state index contributed by atoms with van der Waals surface area (Å²) in [6, 6.07) is 0. The molecule has 0 fully saturated rings. The Labute approximate surface area is 382 Å². The number of carbonyl (C=O) groups excluding carboxylic acids is 3. The van der Waals surface area contributed by atoms with Crippen LogP contribution in [0.2, 0.25) is 0 Å². The van der Waals surface area contributed by atoms with E-state index in [1.807, 2.05) is 0 Å². The summed E-state index contributed by atoms with van der Waals surface area (Å²) in [7, 11) is 0. The van der Waals surface area contributed by atoms with Gasteiger partial charge in [-0.05, 0) is 96.3 Å². The molecule has 62 heavy (non-hydrogen) atoms. The van der Waals surface area contributed by atoms with E-state index >= 15 is 0 Å². The van der Waals surface area contributed by atoms with E-state index < -0.39 is 6.10 Å². The molecule has 0 aliphatic heterocycles. The van der Waals surface area contributed by atoms with Gasteiger partial charge in [-0.3, -0.25) is 14.4 Å². The summed E-state index contributed by atoms with van der Waals surface area (Å²) in [4.78, 5) is 37.9. The Bertz CT molecular complexity index is 1180. The number of carbonyl (C=O) groups is 3. The minimum Gasteiger partial charge on any atom is -0.462 e. The first-order valence-electron chi connectivity index (χ1n) is 26.0. The topological polar surface area (TPSA) is 78.9 Å². The number of ether oxygens (including phenoxy) is 3. The maximum Gasteiger partial charge on any atom is 0.306 e. The normalized spacial score (nSPS) is 12.6. The Kier molecular flexibility index (Phi) is 47.9. The monoisotopic (exact) mass is 865 g/mol. The lowest BCUT2D eigenvalue weighted by molar-refractivity contribution is -0.167. The van der Waals surface area contributed by atoms with Gasteiger partial charge in [0.2, 0.25) is 0 Å². The molecule has 0 radical (unpaired) electrons. The van der Waals surface area contributed by atoms with E-state index in [2.05, 4.69) is 93.7 Å². The van der Waals surface area contributed by atoms with Crippen molar-refractivity contribution in [2.24, 2.45) is 0 Å². The first kappa shape index (κ1) is 58.9. The van der Waals surface area contributed by atoms with Gasteiger partial charge in [-0.1, -0.05) is 203 Å². The summed E-state index contributed by atoms with van der Waals surface area (Å²) in [6.07, 6.45) is 63.2. The van der Waals surface area contributed by atoms with Crippen LogP contribution < -0.4 is 0 Å². The maximum atomic E-state index is 12.8. The number of rotatable bonds is 46. The van der Waals surface area contributed by atoms with E-state index in [-0.39, 0.29) is 31.1 Å². The molecule has 6 nitrogen and oxygen atoms in total. The van der Waals surface area contributed by atoms with Gasteiger partial charge in [0.15, 0.2) is 6.10 Å². The van der Waals surface area contributed by atoms with Crippen LogP contribution in [0.4, 0.5) is 0 Å². The summed E-state index contributed by atoms with van der Waals surface area (Å²) < 4.78 is 16.7. The molecule has 0 aliphatic rings. The quantitative estimate of drug-likeness (QED) is 0.0199. The zero-order chi connectivity index (χ0) is 45.1. The Hall–Kier alpha value is -3.15. The van der Waals surface area contributed by atoms with Crippen molar-refractivity contribution in [3.8, 4) is 0 Å². The van der Waals surface area contributed by atoms with Gasteiger partial charge in [-0.15, -0.1) is 0 Å². The van der Waals surface area contributed by atoms with Gasteiger partial charge in [-0.25, -0.2) is 0 Å². The predicted molar refractivity (Wildman–Crippen MR) is 265 cm³/mol. The second kappa shape index (κ2) is 50.5. The predicted octanol–water partition coefficient (Wildman–Crippen LogP) is 17.0. The van der Waals surface area contributed by atoms with E-state index in [0.29, 0.717) is 25.7 Å². The third-order valence-electron chi connectivity index (χ3n) is 11.0. The first-order chi connectivity index (χ1) is 30.5. The lowest BCUT2D eigenvalue weighted by Crippen LogP contribution is -2.30. The highest BCUT2D eigenvalue weighted by Crippen LogP contribution is 2.13. The van der Waals surface area contributed by atoms with Gasteiger partial charge in [0.1, 0.15) is 13.2 Å². The van der Waals surface area contributed by atoms with Crippen molar-refractivity contribution in [3.63, 3.8) is 0 Å². The molecule has 0 N–H and O–H groups in total. The molecule has 0 bridgehead atoms. The van der Waals surface area contributed by atoms with Crippen LogP contribution in [-0.2, 0) is 28.6 Å². The van der Waals surface area contributed by atoms with Crippen molar-refractivity contribution >= 4 is 17.9 Å². The molecule has 0 spiro atoms. The smallest absolute Gasteiger partial charge is 0.306 e. The van der Waals surface area contributed by atoms with Crippen molar-refractivity contribution in [2.45, 2.75) is 252 Å². The Morgan fingerprint density at radius 2 is 0.661 bits per heavy atom. The van der Waals surface area contributed by atoms with Gasteiger partial charge in [-0.2, -0.15) is 0 Å². The number of unbranched alkanes of at least 4 members (excludes halogenated alkanes) is 25. The van der Waals surface area contributed by atoms with E-state index in [9.17, 15) is 14.4 Å². The standard InChI is InChI=1S/C56H96O6/c1-4-7-10-13-16-19-21-23-25-27-29-30-32-34-37-40-43-46-49-55(58)61-52-53(51-60-54(57)48-45-42-39-36-18-15-12-9-6-3)62-56(59)50-47-44-41-38-35-33-31-28-26-24-22-20-17-14-11-8-5-2/h17,20-21,23-27,29-30,36,39,53H,4-16,18-19,22,28,31-35,37-38,40-52H2,1-3H3/b20-17-,23-21-,26-24-,27-25-,30-29-,39-36-. The molecule has 0 amide bonds. The third kappa shape index (κ3) is 47.9. The fraction of sp³-hybridized carbons (Fsp3) is 0.732. The summed E-state index contributed by atoms with van der Waals surface area (Å²) in [5.74, 6) is -0.960. The van der Waals surface area contributed by atoms with Gasteiger partial charge < -0.3 is 14.2 Å². The average Bonchev–Trinajstić information content (AvgIpc) is 3.27. The van der Waals surface area contributed by atoms with E-state index in [0.717, 1.165) is 89.9 Å². The number of allylic oxidation sites excluding steroid dienone is 12. The van der Waals surface area contributed by atoms with Gasteiger partial charge in [0.05, 0.1) is 0 Å². The second-order valence-electron chi connectivity index (χ2n) is 17.1. The zero-order valence-electron chi connectivity index (χ0n) is 40.6. The number of hydrogen-bond acceptors (Lipinski definition) is 6. The Morgan fingerprint density at radius 3 is 1.15 bits per heavy atom. The first-order valence-corrected chi connectivity index (χ1v) is 26.0. The molecule has 1 unspecified atom stereocenters. The van der Waals surface area contributed by atoms with Crippen LogP contribution in [0.15, 0.2) is 72.9 Å². The number of hydrogen-bond donors (Lipinski definition) is 0. The van der Waals surface area contributed by atoms with Gasteiger partial charge in [0, 0.05) is 19.3 Å². The summed E-state index contributed by atoms with van der Waals surface area (Å²) in [5, 5.41) is 0. The Morgan fingerprint density at radius 1 is 0.339 bits per heavy atom. The molecule has 0 rings (SSSR count). The fourth-order valence-electron chi connectivity index (χ4n) is 7.01. The Balaban J connectivity index is 4.40. The fourth-order valence-corrected chi connectivity index (χ4v) is 7.01. The van der Waals surface area contributed by atoms with Gasteiger partial charge >= 0.3 is 17.9 Å². The maximum absolute atomic E-state index is 12.8.